The Morgan fingerprint density at radius 2 is 2.09 bits per heavy atom. The fraction of sp³-hybridized carbons (Fsp3) is 0.423. The normalized spacial score (nSPS) is 13.6. The highest BCUT2D eigenvalue weighted by Crippen LogP contribution is 2.29. The van der Waals surface area contributed by atoms with Gasteiger partial charge in [-0.2, -0.15) is 5.10 Å². The lowest BCUT2D eigenvalue weighted by Crippen LogP contribution is -2.14. The van der Waals surface area contributed by atoms with Crippen LogP contribution in [0.15, 0.2) is 36.4 Å². The summed E-state index contributed by atoms with van der Waals surface area (Å²) in [7, 11) is 3.26. The number of fused-ring (bicyclic) bond motifs is 1. The van der Waals surface area contributed by atoms with E-state index in [9.17, 15) is 9.18 Å². The lowest BCUT2D eigenvalue weighted by Gasteiger charge is -2.17. The van der Waals surface area contributed by atoms with Gasteiger partial charge in [0.15, 0.2) is 11.6 Å². The molecule has 0 spiro atoms. The number of hydrogen-bond donors (Lipinski definition) is 1. The van der Waals surface area contributed by atoms with Gasteiger partial charge in [0.1, 0.15) is 11.6 Å². The van der Waals surface area contributed by atoms with Crippen molar-refractivity contribution in [3.8, 4) is 11.6 Å². The van der Waals surface area contributed by atoms with Crippen LogP contribution in [0.5, 0.6) is 11.6 Å². The summed E-state index contributed by atoms with van der Waals surface area (Å²) in [6, 6.07) is 10.9. The molecule has 8 heteroatoms. The molecule has 0 aliphatic carbocycles. The van der Waals surface area contributed by atoms with Gasteiger partial charge in [-0.15, -0.1) is 0 Å². The van der Waals surface area contributed by atoms with Gasteiger partial charge in [-0.25, -0.2) is 14.1 Å². The number of halogens is 1. The Labute approximate surface area is 199 Å². The van der Waals surface area contributed by atoms with Crippen LogP contribution in [0.4, 0.5) is 10.2 Å². The number of hydrogen-bond acceptors (Lipinski definition) is 6. The van der Waals surface area contributed by atoms with E-state index in [1.807, 2.05) is 13.1 Å². The number of anilines is 1. The van der Waals surface area contributed by atoms with Crippen LogP contribution in [0, 0.1) is 5.82 Å². The highest BCUT2D eigenvalue weighted by Gasteiger charge is 2.19. The first-order valence-electron chi connectivity index (χ1n) is 11.6. The maximum absolute atomic E-state index is 14.3. The molecule has 1 aromatic carbocycles. The van der Waals surface area contributed by atoms with E-state index in [1.54, 1.807) is 23.7 Å². The van der Waals surface area contributed by atoms with E-state index in [2.05, 4.69) is 22.5 Å². The smallest absolute Gasteiger partial charge is 0.211 e. The highest BCUT2D eigenvalue weighted by molar-refractivity contribution is 5.76. The minimum atomic E-state index is -0.440. The Bertz CT molecular complexity index is 1160. The summed E-state index contributed by atoms with van der Waals surface area (Å²) >= 11 is 0. The summed E-state index contributed by atoms with van der Waals surface area (Å²) in [5.74, 6) is 1.23. The van der Waals surface area contributed by atoms with Gasteiger partial charge in [0.2, 0.25) is 5.88 Å². The molecule has 3 aromatic rings. The number of carbonyl (C=O) groups is 1. The van der Waals surface area contributed by atoms with Gasteiger partial charge >= 0.3 is 0 Å². The highest BCUT2D eigenvalue weighted by atomic mass is 19.1. The number of rotatable bonds is 10. The molecule has 1 aliphatic rings. The first-order chi connectivity index (χ1) is 16.4. The fourth-order valence-electron chi connectivity index (χ4n) is 4.35. The quantitative estimate of drug-likeness (QED) is 0.481. The van der Waals surface area contributed by atoms with Crippen molar-refractivity contribution in [2.24, 2.45) is 7.05 Å². The van der Waals surface area contributed by atoms with Crippen molar-refractivity contribution in [3.63, 3.8) is 0 Å². The van der Waals surface area contributed by atoms with Crippen molar-refractivity contribution >= 4 is 11.6 Å². The van der Waals surface area contributed by atoms with Gasteiger partial charge in [-0.05, 0) is 61.4 Å². The molecule has 0 amide bonds. The van der Waals surface area contributed by atoms with E-state index in [1.165, 1.54) is 18.7 Å². The Morgan fingerprint density at radius 3 is 2.85 bits per heavy atom. The first kappa shape index (κ1) is 23.7. The van der Waals surface area contributed by atoms with Crippen molar-refractivity contribution in [1.29, 1.82) is 0 Å². The number of ketones is 1. The molecule has 0 saturated carbocycles. The number of carbonyl (C=O) groups excluding carboxylic acids is 1. The Morgan fingerprint density at radius 1 is 1.24 bits per heavy atom. The molecule has 34 heavy (non-hydrogen) atoms. The van der Waals surface area contributed by atoms with Gasteiger partial charge in [0.05, 0.1) is 19.4 Å². The predicted molar refractivity (Wildman–Crippen MR) is 128 cm³/mol. The van der Waals surface area contributed by atoms with Crippen LogP contribution in [-0.4, -0.2) is 40.8 Å². The summed E-state index contributed by atoms with van der Waals surface area (Å²) in [6.07, 6.45) is 3.70. The Kier molecular flexibility index (Phi) is 7.45. The number of aryl methyl sites for hydroxylation is 2. The van der Waals surface area contributed by atoms with E-state index in [4.69, 9.17) is 14.5 Å². The monoisotopic (exact) mass is 466 g/mol. The molecule has 0 saturated heterocycles. The molecular formula is C26H31FN4O3. The molecule has 180 valence electrons. The molecule has 7 nitrogen and oxygen atoms in total. The SMILES string of the molecule is COc1ccc(C(CC(C)=O)Cc2cc(OCCc3ccc4c(n3)NCCC4)n(C)n2)cc1F. The van der Waals surface area contributed by atoms with E-state index in [-0.39, 0.29) is 17.5 Å². The molecule has 1 N–H and O–H groups in total. The van der Waals surface area contributed by atoms with Crippen LogP contribution >= 0.6 is 0 Å². The number of Topliss-reactive ketones (excluding diaryl/α,β-unsaturated/α-hetero) is 1. The average Bonchev–Trinajstić information content (AvgIpc) is 3.17. The molecule has 1 atom stereocenters. The number of methoxy groups -OCH3 is 1. The Hall–Kier alpha value is -3.42. The maximum atomic E-state index is 14.3. The van der Waals surface area contributed by atoms with E-state index >= 15 is 0 Å². The topological polar surface area (TPSA) is 78.3 Å². The number of aromatic nitrogens is 3. The van der Waals surface area contributed by atoms with Crippen LogP contribution < -0.4 is 14.8 Å². The summed E-state index contributed by atoms with van der Waals surface area (Å²) in [6.45, 7) is 2.99. The zero-order valence-electron chi connectivity index (χ0n) is 19.9. The first-order valence-corrected chi connectivity index (χ1v) is 11.6. The molecule has 1 aliphatic heterocycles. The summed E-state index contributed by atoms with van der Waals surface area (Å²) < 4.78 is 27.0. The lowest BCUT2D eigenvalue weighted by molar-refractivity contribution is -0.117. The van der Waals surface area contributed by atoms with Gasteiger partial charge in [0, 0.05) is 38.2 Å². The number of nitrogens with zero attached hydrogens (tertiary/aromatic N) is 3. The van der Waals surface area contributed by atoms with Crippen molar-refractivity contribution < 1.29 is 18.7 Å². The predicted octanol–water partition coefficient (Wildman–Crippen LogP) is 4.25. The zero-order valence-corrected chi connectivity index (χ0v) is 19.9. The molecule has 1 unspecified atom stereocenters. The number of nitrogens with one attached hydrogen (secondary N) is 1. The third kappa shape index (κ3) is 5.73. The molecule has 3 heterocycles. The second-order valence-corrected chi connectivity index (χ2v) is 8.74. The zero-order chi connectivity index (χ0) is 24.1. The maximum Gasteiger partial charge on any atom is 0.211 e. The van der Waals surface area contributed by atoms with Crippen LogP contribution in [0.3, 0.4) is 0 Å². The van der Waals surface area contributed by atoms with Gasteiger partial charge in [0.25, 0.3) is 0 Å². The van der Waals surface area contributed by atoms with E-state index < -0.39 is 5.82 Å². The Balaban J connectivity index is 1.40. The third-order valence-electron chi connectivity index (χ3n) is 6.08. The average molecular weight is 467 g/mol. The van der Waals surface area contributed by atoms with Crippen molar-refractivity contribution in [1.82, 2.24) is 14.8 Å². The molecule has 0 radical (unpaired) electrons. The largest absolute Gasteiger partial charge is 0.494 e. The van der Waals surface area contributed by atoms with Crippen LogP contribution in [0.25, 0.3) is 0 Å². The summed E-state index contributed by atoms with van der Waals surface area (Å²) in [4.78, 5) is 16.6. The van der Waals surface area contributed by atoms with Gasteiger partial charge in [-0.3, -0.25) is 0 Å². The molecule has 2 aromatic heterocycles. The van der Waals surface area contributed by atoms with E-state index in [0.29, 0.717) is 31.7 Å². The second kappa shape index (κ2) is 10.7. The molecule has 0 fully saturated rings. The third-order valence-corrected chi connectivity index (χ3v) is 6.08. The number of ether oxygens (including phenoxy) is 2. The van der Waals surface area contributed by atoms with Crippen molar-refractivity contribution in [2.75, 3.05) is 25.6 Å². The van der Waals surface area contributed by atoms with Crippen LogP contribution in [0.1, 0.15) is 48.2 Å². The summed E-state index contributed by atoms with van der Waals surface area (Å²) in [5, 5.41) is 7.92. The molecular weight excluding hydrogens is 435 g/mol. The lowest BCUT2D eigenvalue weighted by atomic mass is 9.89. The van der Waals surface area contributed by atoms with Gasteiger partial charge in [-0.1, -0.05) is 12.1 Å². The standard InChI is InChI=1S/C26H31FN4O3/c1-17(32)13-20(19-7-9-24(33-3)23(27)15-19)14-22-16-25(31(2)30-22)34-12-10-21-8-6-18-5-4-11-28-26(18)29-21/h6-9,15-16,20H,4-5,10-14H2,1-3H3,(H,28,29). The molecule has 0 bridgehead atoms. The fourth-order valence-corrected chi connectivity index (χ4v) is 4.35. The van der Waals surface area contributed by atoms with Crippen LogP contribution in [0.2, 0.25) is 0 Å². The minimum absolute atomic E-state index is 0.0423. The number of pyridine rings is 1. The number of benzene rings is 1. The van der Waals surface area contributed by atoms with Crippen LogP contribution in [-0.2, 0) is 31.1 Å². The second-order valence-electron chi connectivity index (χ2n) is 8.74. The van der Waals surface area contributed by atoms with Gasteiger partial charge < -0.3 is 19.6 Å². The van der Waals surface area contributed by atoms with E-state index in [0.717, 1.165) is 42.2 Å². The van der Waals surface area contributed by atoms with Crippen molar-refractivity contribution in [2.45, 2.75) is 44.9 Å². The minimum Gasteiger partial charge on any atom is -0.494 e. The summed E-state index contributed by atoms with van der Waals surface area (Å²) in [5.41, 5.74) is 3.78. The van der Waals surface area contributed by atoms with Crippen molar-refractivity contribution in [3.05, 3.63) is 64.7 Å². The molecule has 4 rings (SSSR count).